The van der Waals surface area contributed by atoms with Crippen LogP contribution in [0.2, 0.25) is 0 Å². The number of urea groups is 1. The van der Waals surface area contributed by atoms with Crippen LogP contribution in [0.4, 0.5) is 4.79 Å². The maximum atomic E-state index is 12.5. The van der Waals surface area contributed by atoms with E-state index in [9.17, 15) is 19.5 Å². The molecule has 21 heavy (non-hydrogen) atoms. The van der Waals surface area contributed by atoms with Gasteiger partial charge >= 0.3 is 18.0 Å². The van der Waals surface area contributed by atoms with Gasteiger partial charge in [-0.3, -0.25) is 9.59 Å². The first-order chi connectivity index (χ1) is 9.77. The summed E-state index contributed by atoms with van der Waals surface area (Å²) in [5, 5.41) is 9.37. The smallest absolute Gasteiger partial charge is 0.325 e. The summed E-state index contributed by atoms with van der Waals surface area (Å²) in [6, 6.07) is -0.481. The van der Waals surface area contributed by atoms with Crippen LogP contribution in [0.1, 0.15) is 33.6 Å². The van der Waals surface area contributed by atoms with E-state index in [1.807, 2.05) is 6.92 Å². The topological polar surface area (TPSA) is 87.2 Å². The van der Waals surface area contributed by atoms with Gasteiger partial charge in [-0.1, -0.05) is 6.92 Å². The van der Waals surface area contributed by atoms with Crippen molar-refractivity contribution in [1.82, 2.24) is 9.80 Å². The van der Waals surface area contributed by atoms with Gasteiger partial charge in [-0.25, -0.2) is 4.79 Å². The van der Waals surface area contributed by atoms with Crippen LogP contribution in [0.5, 0.6) is 0 Å². The van der Waals surface area contributed by atoms with Crippen molar-refractivity contribution in [3.63, 3.8) is 0 Å². The number of rotatable bonds is 5. The third-order valence-corrected chi connectivity index (χ3v) is 4.15. The zero-order chi connectivity index (χ0) is 16.2. The van der Waals surface area contributed by atoms with Crippen LogP contribution in [0.3, 0.4) is 0 Å². The number of nitrogens with zero attached hydrogens (tertiary/aromatic N) is 2. The Bertz CT molecular complexity index is 424. The standard InChI is InChI=1S/C14H24N2O5/c1-5-14(12(18)19)6-7-15(9-14)13(20)16(10(2)3)8-11(17)21-4/h10H,5-9H2,1-4H3,(H,18,19). The second-order valence-electron chi connectivity index (χ2n) is 5.69. The molecule has 1 saturated heterocycles. The number of carbonyl (C=O) groups is 3. The Kier molecular flexibility index (Phi) is 5.57. The third-order valence-electron chi connectivity index (χ3n) is 4.15. The zero-order valence-corrected chi connectivity index (χ0v) is 13.1. The molecule has 1 atom stereocenters. The van der Waals surface area contributed by atoms with Crippen molar-refractivity contribution in [2.75, 3.05) is 26.7 Å². The minimum Gasteiger partial charge on any atom is -0.481 e. The summed E-state index contributed by atoms with van der Waals surface area (Å²) in [6.07, 6.45) is 0.916. The molecule has 0 spiro atoms. The average molecular weight is 300 g/mol. The number of hydrogen-bond acceptors (Lipinski definition) is 4. The first-order valence-electron chi connectivity index (χ1n) is 7.13. The van der Waals surface area contributed by atoms with Gasteiger partial charge in [0.1, 0.15) is 6.54 Å². The molecule has 120 valence electrons. The van der Waals surface area contributed by atoms with E-state index in [-0.39, 0.29) is 25.2 Å². The molecule has 0 aromatic rings. The summed E-state index contributed by atoms with van der Waals surface area (Å²) >= 11 is 0. The number of likely N-dealkylation sites (tertiary alicyclic amines) is 1. The fourth-order valence-corrected chi connectivity index (χ4v) is 2.51. The van der Waals surface area contributed by atoms with Crippen molar-refractivity contribution in [3.05, 3.63) is 0 Å². The molecule has 0 aromatic carbocycles. The number of carboxylic acids is 1. The maximum Gasteiger partial charge on any atom is 0.325 e. The predicted octanol–water partition coefficient (Wildman–Crippen LogP) is 1.18. The Hall–Kier alpha value is -1.79. The van der Waals surface area contributed by atoms with Gasteiger partial charge in [0, 0.05) is 19.1 Å². The van der Waals surface area contributed by atoms with Crippen molar-refractivity contribution in [1.29, 1.82) is 0 Å². The number of carboxylic acid groups (broad SMARTS) is 1. The van der Waals surface area contributed by atoms with Gasteiger partial charge in [0.2, 0.25) is 0 Å². The molecule has 0 bridgehead atoms. The normalized spacial score (nSPS) is 21.5. The molecule has 7 heteroatoms. The van der Waals surface area contributed by atoms with E-state index >= 15 is 0 Å². The number of carbonyl (C=O) groups excluding carboxylic acids is 2. The molecule has 0 saturated carbocycles. The van der Waals surface area contributed by atoms with Crippen LogP contribution in [0.25, 0.3) is 0 Å². The van der Waals surface area contributed by atoms with Crippen molar-refractivity contribution in [3.8, 4) is 0 Å². The molecule has 7 nitrogen and oxygen atoms in total. The van der Waals surface area contributed by atoms with E-state index < -0.39 is 17.4 Å². The summed E-state index contributed by atoms with van der Waals surface area (Å²) in [6.45, 7) is 5.88. The molecular weight excluding hydrogens is 276 g/mol. The summed E-state index contributed by atoms with van der Waals surface area (Å²) in [4.78, 5) is 38.3. The summed E-state index contributed by atoms with van der Waals surface area (Å²) in [5.41, 5.74) is -0.871. The molecule has 1 N–H and O–H groups in total. The lowest BCUT2D eigenvalue weighted by atomic mass is 9.84. The summed E-state index contributed by atoms with van der Waals surface area (Å²) in [7, 11) is 1.27. The first kappa shape index (κ1) is 17.3. The van der Waals surface area contributed by atoms with Crippen molar-refractivity contribution in [2.45, 2.75) is 39.7 Å². The highest BCUT2D eigenvalue weighted by Crippen LogP contribution is 2.34. The van der Waals surface area contributed by atoms with Gasteiger partial charge in [-0.2, -0.15) is 0 Å². The molecule has 0 aromatic heterocycles. The van der Waals surface area contributed by atoms with Crippen LogP contribution in [0, 0.1) is 5.41 Å². The number of esters is 1. The lowest BCUT2D eigenvalue weighted by molar-refractivity contribution is -0.148. The number of hydrogen-bond donors (Lipinski definition) is 1. The first-order valence-corrected chi connectivity index (χ1v) is 7.13. The Balaban J connectivity index is 2.82. The lowest BCUT2D eigenvalue weighted by Gasteiger charge is -2.31. The number of aliphatic carboxylic acids is 1. The average Bonchev–Trinajstić information content (AvgIpc) is 2.89. The Morgan fingerprint density at radius 2 is 2.00 bits per heavy atom. The number of methoxy groups -OCH3 is 1. The Morgan fingerprint density at radius 3 is 2.38 bits per heavy atom. The largest absolute Gasteiger partial charge is 0.481 e. The molecule has 1 rings (SSSR count). The van der Waals surface area contributed by atoms with Gasteiger partial charge < -0.3 is 19.6 Å². The highest BCUT2D eigenvalue weighted by molar-refractivity contribution is 5.83. The monoisotopic (exact) mass is 300 g/mol. The predicted molar refractivity (Wildman–Crippen MR) is 75.8 cm³/mol. The SMILES string of the molecule is CCC1(C(=O)O)CCN(C(=O)N(CC(=O)OC)C(C)C)C1. The van der Waals surface area contributed by atoms with Crippen LogP contribution >= 0.6 is 0 Å². The van der Waals surface area contributed by atoms with Crippen molar-refractivity contribution < 1.29 is 24.2 Å². The van der Waals surface area contributed by atoms with Crippen LogP contribution in [-0.2, 0) is 14.3 Å². The van der Waals surface area contributed by atoms with Gasteiger partial charge in [0.25, 0.3) is 0 Å². The molecule has 0 radical (unpaired) electrons. The van der Waals surface area contributed by atoms with Gasteiger partial charge in [0.05, 0.1) is 12.5 Å². The molecule has 1 heterocycles. The molecule has 2 amide bonds. The number of ether oxygens (including phenoxy) is 1. The Morgan fingerprint density at radius 1 is 1.38 bits per heavy atom. The zero-order valence-electron chi connectivity index (χ0n) is 13.1. The lowest BCUT2D eigenvalue weighted by Crippen LogP contribution is -2.49. The highest BCUT2D eigenvalue weighted by atomic mass is 16.5. The fraction of sp³-hybridized carbons (Fsp3) is 0.786. The molecular formula is C14H24N2O5. The van der Waals surface area contributed by atoms with Crippen LogP contribution < -0.4 is 0 Å². The van der Waals surface area contributed by atoms with E-state index in [0.717, 1.165) is 0 Å². The summed E-state index contributed by atoms with van der Waals surface area (Å²) in [5.74, 6) is -1.36. The van der Waals surface area contributed by atoms with Crippen LogP contribution in [0.15, 0.2) is 0 Å². The third kappa shape index (κ3) is 3.65. The maximum absolute atomic E-state index is 12.5. The Labute approximate surface area is 124 Å². The molecule has 0 aliphatic carbocycles. The molecule has 1 aliphatic rings. The van der Waals surface area contributed by atoms with E-state index in [1.165, 1.54) is 16.9 Å². The fourth-order valence-electron chi connectivity index (χ4n) is 2.51. The van der Waals surface area contributed by atoms with E-state index in [1.54, 1.807) is 13.8 Å². The highest BCUT2D eigenvalue weighted by Gasteiger charge is 2.45. The van der Waals surface area contributed by atoms with Crippen LogP contribution in [-0.4, -0.2) is 65.7 Å². The van der Waals surface area contributed by atoms with Crippen molar-refractivity contribution in [2.24, 2.45) is 5.41 Å². The van der Waals surface area contributed by atoms with E-state index in [4.69, 9.17) is 0 Å². The molecule has 1 aliphatic heterocycles. The van der Waals surface area contributed by atoms with Gasteiger partial charge in [-0.15, -0.1) is 0 Å². The minimum absolute atomic E-state index is 0.129. The van der Waals surface area contributed by atoms with E-state index in [2.05, 4.69) is 4.74 Å². The second kappa shape index (κ2) is 6.78. The van der Waals surface area contributed by atoms with Gasteiger partial charge in [-0.05, 0) is 26.7 Å². The van der Waals surface area contributed by atoms with Crippen molar-refractivity contribution >= 4 is 18.0 Å². The quantitative estimate of drug-likeness (QED) is 0.770. The summed E-state index contributed by atoms with van der Waals surface area (Å²) < 4.78 is 4.60. The van der Waals surface area contributed by atoms with E-state index in [0.29, 0.717) is 19.4 Å². The molecule has 1 fully saturated rings. The number of amides is 2. The second-order valence-corrected chi connectivity index (χ2v) is 5.69. The van der Waals surface area contributed by atoms with Gasteiger partial charge in [0.15, 0.2) is 0 Å². The molecule has 1 unspecified atom stereocenters. The minimum atomic E-state index is -0.871.